The quantitative estimate of drug-likeness (QED) is 0.0447. The molecule has 24 nitrogen and oxygen atoms in total. The Balaban J connectivity index is 0.000000143. The second-order valence-corrected chi connectivity index (χ2v) is 34.4. The fourth-order valence-electron chi connectivity index (χ4n) is 15.7. The largest absolute Gasteiger partial charge is 0.436 e. The summed E-state index contributed by atoms with van der Waals surface area (Å²) >= 11 is 3.29. The summed E-state index contributed by atoms with van der Waals surface area (Å²) in [7, 11) is 0. The molecule has 0 aliphatic rings. The lowest BCUT2D eigenvalue weighted by Gasteiger charge is -2.14. The van der Waals surface area contributed by atoms with Gasteiger partial charge in [0, 0.05) is 112 Å². The molecular formula is C99H89BrF18N18O6. The molecule has 0 radical (unpaired) electrons. The maximum Gasteiger partial charge on any atom is 0.417 e. The summed E-state index contributed by atoms with van der Waals surface area (Å²) in [6.45, 7) is 19.7. The van der Waals surface area contributed by atoms with E-state index in [-0.39, 0.29) is 109 Å². The van der Waals surface area contributed by atoms with E-state index in [1.54, 1.807) is 96.1 Å². The number of alkyl halides is 18. The van der Waals surface area contributed by atoms with Gasteiger partial charge in [0.05, 0.1) is 50.2 Å². The minimum absolute atomic E-state index is 0.0217. The zero-order valence-electron chi connectivity index (χ0n) is 76.9. The summed E-state index contributed by atoms with van der Waals surface area (Å²) in [5, 5.41) is 0. The molecule has 0 fully saturated rings. The highest BCUT2D eigenvalue weighted by Gasteiger charge is 2.42. The monoisotopic (exact) mass is 2050 g/mol. The number of rotatable bonds is 10. The molecule has 0 saturated carbocycles. The fourth-order valence-corrected chi connectivity index (χ4v) is 16.2. The lowest BCUT2D eigenvalue weighted by Crippen LogP contribution is -2.09. The van der Waals surface area contributed by atoms with Crippen LogP contribution in [0, 0.1) is 48.5 Å². The highest BCUT2D eigenvalue weighted by molar-refractivity contribution is 9.10. The molecule has 0 saturated heterocycles. The summed E-state index contributed by atoms with van der Waals surface area (Å²) in [5.74, 6) is -0.544. The van der Waals surface area contributed by atoms with Gasteiger partial charge in [-0.3, -0.25) is 0 Å². The van der Waals surface area contributed by atoms with Crippen LogP contribution in [0.5, 0.6) is 0 Å². The van der Waals surface area contributed by atoms with Crippen LogP contribution in [0.4, 0.5) is 147 Å². The molecule has 18 aromatic rings. The van der Waals surface area contributed by atoms with Gasteiger partial charge in [-0.25, -0.2) is 29.9 Å². The number of aromatic nitrogens is 6. The summed E-state index contributed by atoms with van der Waals surface area (Å²) < 4.78 is 274. The van der Waals surface area contributed by atoms with Gasteiger partial charge in [0.1, 0.15) is 33.1 Å². The van der Waals surface area contributed by atoms with Gasteiger partial charge >= 0.3 is 37.1 Å². The number of halogens is 19. The molecule has 0 unspecified atom stereocenters. The van der Waals surface area contributed by atoms with E-state index >= 15 is 0 Å². The van der Waals surface area contributed by atoms with Crippen molar-refractivity contribution in [1.82, 2.24) is 29.9 Å². The summed E-state index contributed by atoms with van der Waals surface area (Å²) in [6, 6.07) is 33.8. The number of benzene rings is 12. The molecule has 0 spiro atoms. The standard InChI is InChI=1S/3C17H16F3N3O.C16H13BrF3N3O.2C16H14F3N3O/c1-8(2)12-5-10(22)7-14-15(12)24-16(23-14)11-4-3-9(21)6-13(11)17(18,19)20;1-3-9-5-14-13(7-12(9)22)23-16(24-14)15-8(2)4-10(21)6-11(15)17(18,19)20;1-2-3-9-6-11(22)8-14-15(9)24-16(23-14)12-5-4-10(21)7-13(12)17(18,19)20;1-6-3-8(21)4-9(16(18,19)20)12(6)15-23-14-7(2)13(22)10(17)5-11(14)24-15;1-7-5-12-14(8(2)13(7)21)22-15(23-12)10-4-3-9(20)6-11(10)16(17,18)19;1-7-5-12(21)8(2)13-14(7)23-15(22-13)10-4-3-9(20)6-11(10)16(17,18)19/h3-8H,21-22H2,1-2H3;4-7H,3,21-22H2,1-2H3;4-8H,2-3,21-22H2,1H3;3-5H,21-22H2,1-2H3;2*3-6H,20-21H2,1-2H3. The van der Waals surface area contributed by atoms with E-state index in [4.69, 9.17) is 95.3 Å². The first-order chi connectivity index (χ1) is 66.1. The molecule has 24 N–H and O–H groups in total. The maximum absolute atomic E-state index is 13.4. The van der Waals surface area contributed by atoms with Crippen molar-refractivity contribution in [2.24, 2.45) is 0 Å². The van der Waals surface area contributed by atoms with E-state index in [0.29, 0.717) is 151 Å². The zero-order chi connectivity index (χ0) is 104. The summed E-state index contributed by atoms with van der Waals surface area (Å²) in [6.07, 6.45) is -25.2. The predicted octanol–water partition coefficient (Wildman–Crippen LogP) is 27.6. The Bertz CT molecular complexity index is 7900. The van der Waals surface area contributed by atoms with Crippen LogP contribution in [0.15, 0.2) is 183 Å². The van der Waals surface area contributed by atoms with Crippen LogP contribution in [-0.2, 0) is 49.9 Å². The maximum atomic E-state index is 13.4. The Labute approximate surface area is 803 Å². The van der Waals surface area contributed by atoms with Crippen molar-refractivity contribution in [3.05, 3.63) is 245 Å². The van der Waals surface area contributed by atoms with E-state index in [1.807, 2.05) is 27.7 Å². The SMILES string of the molecule is CC(C)c1cc(N)cc2nc(-c3ccc(N)cc3C(F)(F)F)oc12.CCCc1cc(N)cc2nc(-c3ccc(N)cc3C(F)(F)F)oc12.CCc1cc2oc(-c3c(C)cc(N)cc3C(F)(F)F)nc2cc1N.Cc1c(N)cc(C)c2oc(-c3ccc(N)cc3C(F)(F)F)nc12.Cc1cc(N)cc(C(F)(F)F)c1-c1nc2c(C)c(N)c(Br)cc2o1.Cc1cc2oc(-c3ccc(N)cc3C(F)(F)F)nc2c(C)c1N. The highest BCUT2D eigenvalue weighted by Crippen LogP contribution is 2.49. The van der Waals surface area contributed by atoms with Gasteiger partial charge in [-0.15, -0.1) is 0 Å². The molecule has 18 rings (SSSR count). The number of anilines is 12. The van der Waals surface area contributed by atoms with Gasteiger partial charge < -0.3 is 95.3 Å². The molecule has 0 amide bonds. The molecule has 43 heteroatoms. The first kappa shape index (κ1) is 104. The third-order valence-corrected chi connectivity index (χ3v) is 23.3. The van der Waals surface area contributed by atoms with Gasteiger partial charge in [-0.2, -0.15) is 79.0 Å². The van der Waals surface area contributed by atoms with Crippen molar-refractivity contribution >= 4 is 151 Å². The van der Waals surface area contributed by atoms with Crippen molar-refractivity contribution in [2.45, 2.75) is 138 Å². The number of hydrogen-bond acceptors (Lipinski definition) is 24. The first-order valence-corrected chi connectivity index (χ1v) is 43.5. The van der Waals surface area contributed by atoms with Crippen molar-refractivity contribution in [1.29, 1.82) is 0 Å². The average molecular weight is 2050 g/mol. The van der Waals surface area contributed by atoms with E-state index in [9.17, 15) is 79.0 Å². The van der Waals surface area contributed by atoms with Crippen LogP contribution in [-0.4, -0.2) is 29.9 Å². The molecule has 12 aromatic carbocycles. The van der Waals surface area contributed by atoms with Crippen LogP contribution >= 0.6 is 15.9 Å². The van der Waals surface area contributed by atoms with Gasteiger partial charge in [-0.1, -0.05) is 34.1 Å². The third kappa shape index (κ3) is 22.0. The molecule has 6 aromatic heterocycles. The molecule has 0 aliphatic carbocycles. The van der Waals surface area contributed by atoms with Crippen molar-refractivity contribution < 1.29 is 106 Å². The number of nitrogens with zero attached hydrogens (tertiary/aromatic N) is 6. The predicted molar refractivity (Wildman–Crippen MR) is 518 cm³/mol. The Hall–Kier alpha value is -15.7. The number of nitrogens with two attached hydrogens (primary N) is 12. The lowest BCUT2D eigenvalue weighted by atomic mass is 10.00. The molecule has 142 heavy (non-hydrogen) atoms. The van der Waals surface area contributed by atoms with E-state index in [1.165, 1.54) is 67.6 Å². The Morgan fingerprint density at radius 2 is 0.655 bits per heavy atom. The lowest BCUT2D eigenvalue weighted by molar-refractivity contribution is -0.138. The second-order valence-electron chi connectivity index (χ2n) is 33.5. The van der Waals surface area contributed by atoms with Crippen LogP contribution < -0.4 is 68.8 Å². The molecule has 0 bridgehead atoms. The second kappa shape index (κ2) is 39.2. The van der Waals surface area contributed by atoms with E-state index in [0.717, 1.165) is 65.1 Å². The minimum atomic E-state index is -4.58. The molecule has 6 heterocycles. The van der Waals surface area contributed by atoms with Crippen LogP contribution in [0.1, 0.15) is 129 Å². The molecule has 0 atom stereocenters. The van der Waals surface area contributed by atoms with Crippen molar-refractivity contribution in [3.63, 3.8) is 0 Å². The summed E-state index contributed by atoms with van der Waals surface area (Å²) in [4.78, 5) is 25.3. The van der Waals surface area contributed by atoms with Gasteiger partial charge in [0.25, 0.3) is 0 Å². The Morgan fingerprint density at radius 3 is 1.10 bits per heavy atom. The topological polar surface area (TPSA) is 468 Å². The van der Waals surface area contributed by atoms with Crippen molar-refractivity contribution in [3.8, 4) is 68.7 Å². The smallest absolute Gasteiger partial charge is 0.417 e. The third-order valence-electron chi connectivity index (χ3n) is 22.6. The van der Waals surface area contributed by atoms with Crippen LogP contribution in [0.2, 0.25) is 0 Å². The van der Waals surface area contributed by atoms with Gasteiger partial charge in [0.2, 0.25) is 35.3 Å². The van der Waals surface area contributed by atoms with Gasteiger partial charge in [-0.05, 0) is 268 Å². The molecule has 0 aliphatic heterocycles. The fraction of sp³-hybridized carbons (Fsp3) is 0.212. The number of aryl methyl sites for hydroxylation is 9. The zero-order valence-corrected chi connectivity index (χ0v) is 78.5. The Kier molecular flexibility index (Phi) is 28.6. The van der Waals surface area contributed by atoms with E-state index < -0.39 is 70.4 Å². The first-order valence-electron chi connectivity index (χ1n) is 42.7. The average Bonchev–Trinajstić information content (AvgIpc) is 1.62. The highest BCUT2D eigenvalue weighted by atomic mass is 79.9. The molecule has 744 valence electrons. The van der Waals surface area contributed by atoms with Crippen LogP contribution in [0.25, 0.3) is 135 Å². The number of nitrogen functional groups attached to an aromatic ring is 12. The molecular weight excluding hydrogens is 1960 g/mol. The normalized spacial score (nSPS) is 12.1. The number of fused-ring (bicyclic) bond motifs is 6. The van der Waals surface area contributed by atoms with Crippen molar-refractivity contribution in [2.75, 3.05) is 68.8 Å². The van der Waals surface area contributed by atoms with E-state index in [2.05, 4.69) is 45.8 Å². The summed E-state index contributed by atoms with van der Waals surface area (Å²) in [5.41, 5.74) is 77.3. The minimum Gasteiger partial charge on any atom is -0.436 e. The van der Waals surface area contributed by atoms with Gasteiger partial charge in [0.15, 0.2) is 33.5 Å². The van der Waals surface area contributed by atoms with Crippen LogP contribution in [0.3, 0.4) is 0 Å². The number of oxazole rings is 6. The number of hydrogen-bond donors (Lipinski definition) is 12. The Morgan fingerprint density at radius 1 is 0.296 bits per heavy atom.